The Labute approximate surface area is 252 Å². The van der Waals surface area contributed by atoms with E-state index in [4.69, 9.17) is 0 Å². The Balaban J connectivity index is 0.000000646. The first-order valence-electron chi connectivity index (χ1n) is 14.4. The van der Waals surface area contributed by atoms with Crippen LogP contribution in [-0.4, -0.2) is 23.9 Å². The van der Waals surface area contributed by atoms with Crippen LogP contribution in [0.25, 0.3) is 0 Å². The van der Waals surface area contributed by atoms with Gasteiger partial charge in [-0.15, -0.1) is 0 Å². The van der Waals surface area contributed by atoms with Crippen LogP contribution < -0.4 is 4.90 Å². The molecule has 0 aromatic heterocycles. The Bertz CT molecular complexity index is 1510. The van der Waals surface area contributed by atoms with E-state index < -0.39 is 7.81 Å². The van der Waals surface area contributed by atoms with Gasteiger partial charge in [-0.25, -0.2) is 0 Å². The van der Waals surface area contributed by atoms with Crippen molar-refractivity contribution in [2.45, 2.75) is 72.1 Å². The molecule has 2 heterocycles. The third-order valence-corrected chi connectivity index (χ3v) is 7.92. The molecule has 0 amide bonds. The van der Waals surface area contributed by atoms with E-state index in [9.17, 15) is 25.2 Å². The molecule has 9 heteroatoms. The maximum absolute atomic E-state index is 10.7. The first-order valence-corrected chi connectivity index (χ1v) is 16.5. The molecule has 2 aromatic carbocycles. The van der Waals surface area contributed by atoms with Gasteiger partial charge in [0.15, 0.2) is 5.71 Å². The zero-order valence-electron chi connectivity index (χ0n) is 26.2. The summed E-state index contributed by atoms with van der Waals surface area (Å²) in [5.41, 5.74) is 10.9. The molecule has 0 unspecified atom stereocenters. The molecular formula is C34H43F6N2P. The molecule has 0 radical (unpaired) electrons. The van der Waals surface area contributed by atoms with Crippen molar-refractivity contribution in [2.75, 3.05) is 18.5 Å². The van der Waals surface area contributed by atoms with Crippen molar-refractivity contribution in [1.29, 1.82) is 0 Å². The van der Waals surface area contributed by atoms with Crippen molar-refractivity contribution in [3.63, 3.8) is 0 Å². The zero-order chi connectivity index (χ0) is 32.5. The topological polar surface area (TPSA) is 6.25 Å². The van der Waals surface area contributed by atoms with Gasteiger partial charge < -0.3 is 4.90 Å². The summed E-state index contributed by atoms with van der Waals surface area (Å²) in [6, 6.07) is 13.7. The van der Waals surface area contributed by atoms with Gasteiger partial charge in [0.1, 0.15) is 7.05 Å². The first-order chi connectivity index (χ1) is 19.5. The van der Waals surface area contributed by atoms with Crippen LogP contribution in [0.5, 0.6) is 0 Å². The van der Waals surface area contributed by atoms with E-state index in [2.05, 4.69) is 144 Å². The molecule has 2 aliphatic heterocycles. The molecule has 2 nitrogen and oxygen atoms in total. The molecule has 4 rings (SSSR count). The predicted molar refractivity (Wildman–Crippen MR) is 171 cm³/mol. The Kier molecular flexibility index (Phi) is 9.13. The molecule has 0 atom stereocenters. The Morgan fingerprint density at radius 3 is 1.91 bits per heavy atom. The molecule has 43 heavy (non-hydrogen) atoms. The van der Waals surface area contributed by atoms with E-state index in [0.29, 0.717) is 0 Å². The number of nitrogens with zero attached hydrogens (tertiary/aromatic N) is 2. The van der Waals surface area contributed by atoms with Crippen LogP contribution in [0.15, 0.2) is 84.6 Å². The second kappa shape index (κ2) is 11.4. The van der Waals surface area contributed by atoms with Crippen LogP contribution in [0.1, 0.15) is 69.7 Å². The molecule has 2 aromatic rings. The molecule has 0 saturated carbocycles. The molecule has 0 N–H and O–H groups in total. The quantitative estimate of drug-likeness (QED) is 0.129. The van der Waals surface area contributed by atoms with E-state index in [1.54, 1.807) is 0 Å². The van der Waals surface area contributed by atoms with Crippen LogP contribution in [-0.2, 0) is 10.8 Å². The molecule has 0 aliphatic carbocycles. The fourth-order valence-electron chi connectivity index (χ4n) is 5.78. The van der Waals surface area contributed by atoms with Crippen LogP contribution >= 0.6 is 7.81 Å². The summed E-state index contributed by atoms with van der Waals surface area (Å²) in [6.45, 7) is 17.0. The SMILES string of the molecule is CCCCN1C(=CC=CC=CC=CC2=[N+](C)c3ccc(C)cc3C2(C)C)C(C)(C)c2cc(C)ccc21.F[P-](F)(F)(F)(F)F. The van der Waals surface area contributed by atoms with Crippen LogP contribution in [0.2, 0.25) is 0 Å². The summed E-state index contributed by atoms with van der Waals surface area (Å²) in [4.78, 5) is 2.53. The summed E-state index contributed by atoms with van der Waals surface area (Å²) in [7, 11) is -8.49. The molecule has 2 aliphatic rings. The second-order valence-corrected chi connectivity index (χ2v) is 14.3. The molecule has 0 saturated heterocycles. The molecular weight excluding hydrogens is 581 g/mol. The Morgan fingerprint density at radius 1 is 0.767 bits per heavy atom. The Hall–Kier alpha value is -3.12. The van der Waals surface area contributed by atoms with E-state index in [0.717, 1.165) is 6.54 Å². The van der Waals surface area contributed by atoms with Crippen LogP contribution in [0.3, 0.4) is 0 Å². The van der Waals surface area contributed by atoms with Crippen molar-refractivity contribution in [3.8, 4) is 0 Å². The number of fused-ring (bicyclic) bond motifs is 2. The van der Waals surface area contributed by atoms with Crippen LogP contribution in [0.4, 0.5) is 36.6 Å². The number of aryl methyl sites for hydroxylation is 2. The second-order valence-electron chi connectivity index (χ2n) is 12.4. The summed E-state index contributed by atoms with van der Waals surface area (Å²) in [6.07, 6.45) is 17.7. The minimum atomic E-state index is -10.7. The van der Waals surface area contributed by atoms with Gasteiger partial charge in [0, 0.05) is 41.1 Å². The number of hydrogen-bond acceptors (Lipinski definition) is 1. The number of benzene rings is 2. The third kappa shape index (κ3) is 8.95. The first kappa shape index (κ1) is 34.4. The number of halogens is 6. The van der Waals surface area contributed by atoms with Gasteiger partial charge in [0.25, 0.3) is 0 Å². The fourth-order valence-corrected chi connectivity index (χ4v) is 5.78. The average Bonchev–Trinajstić information content (AvgIpc) is 3.18. The van der Waals surface area contributed by atoms with Crippen molar-refractivity contribution < 1.29 is 29.8 Å². The number of rotatable bonds is 7. The summed E-state index contributed by atoms with van der Waals surface area (Å²) in [5, 5.41) is 0. The average molecular weight is 625 g/mol. The van der Waals surface area contributed by atoms with Gasteiger partial charge in [-0.3, -0.25) is 0 Å². The van der Waals surface area contributed by atoms with Crippen molar-refractivity contribution in [3.05, 3.63) is 107 Å². The van der Waals surface area contributed by atoms with Gasteiger partial charge in [-0.2, -0.15) is 4.58 Å². The third-order valence-electron chi connectivity index (χ3n) is 7.92. The van der Waals surface area contributed by atoms with Gasteiger partial charge in [0.05, 0.1) is 5.41 Å². The summed E-state index contributed by atoms with van der Waals surface area (Å²) >= 11 is 0. The number of hydrogen-bond donors (Lipinski definition) is 0. The molecule has 0 spiro atoms. The fraction of sp³-hybridized carbons (Fsp3) is 0.382. The summed E-state index contributed by atoms with van der Waals surface area (Å²) < 4.78 is 61.5. The standard InChI is InChI=1S/C34H43N2.F6P/c1-9-10-22-36-30-21-19-26(3)24-28(30)34(6,7)32(36)17-15-13-11-12-14-16-31-33(4,5)27-23-25(2)18-20-29(27)35(31)8;1-7(2,3,4,5)6/h11-21,23-24H,9-10,22H2,1-8H3;/q+1;-1. The van der Waals surface area contributed by atoms with E-state index in [-0.39, 0.29) is 10.8 Å². The van der Waals surface area contributed by atoms with Crippen molar-refractivity contribution in [2.24, 2.45) is 0 Å². The van der Waals surface area contributed by atoms with E-state index in [1.165, 1.54) is 57.9 Å². The molecule has 0 bridgehead atoms. The predicted octanol–water partition coefficient (Wildman–Crippen LogP) is 11.8. The maximum atomic E-state index is 9.87. The zero-order valence-corrected chi connectivity index (χ0v) is 27.1. The Morgan fingerprint density at radius 2 is 1.30 bits per heavy atom. The van der Waals surface area contributed by atoms with Gasteiger partial charge in [-0.05, 0) is 57.9 Å². The normalized spacial score (nSPS) is 20.0. The summed E-state index contributed by atoms with van der Waals surface area (Å²) in [5.74, 6) is 0. The van der Waals surface area contributed by atoms with Crippen molar-refractivity contribution in [1.82, 2.24) is 0 Å². The number of unbranched alkanes of at least 4 members (excludes halogenated alkanes) is 1. The minimum absolute atomic E-state index is 0.00403. The van der Waals surface area contributed by atoms with Gasteiger partial charge >= 0.3 is 33.0 Å². The number of anilines is 1. The monoisotopic (exact) mass is 624 g/mol. The van der Waals surface area contributed by atoms with E-state index in [1.807, 2.05) is 0 Å². The van der Waals surface area contributed by atoms with Crippen molar-refractivity contribution >= 4 is 24.9 Å². The number of allylic oxidation sites excluding steroid dienone is 8. The van der Waals surface area contributed by atoms with Gasteiger partial charge in [-0.1, -0.05) is 86.9 Å². The van der Waals surface area contributed by atoms with Gasteiger partial charge in [0.2, 0.25) is 5.69 Å². The molecule has 0 fully saturated rings. The molecule has 236 valence electrons. The van der Waals surface area contributed by atoms with Crippen LogP contribution in [0, 0.1) is 13.8 Å². The van der Waals surface area contributed by atoms with E-state index >= 15 is 0 Å².